The van der Waals surface area contributed by atoms with Crippen molar-refractivity contribution in [2.75, 3.05) is 49.6 Å². The topological polar surface area (TPSA) is 139 Å². The fourth-order valence-electron chi connectivity index (χ4n) is 6.39. The van der Waals surface area contributed by atoms with Crippen LogP contribution in [0.4, 0.5) is 29.9 Å². The van der Waals surface area contributed by atoms with Gasteiger partial charge < -0.3 is 34.0 Å². The molecule has 3 saturated heterocycles. The third-order valence-corrected chi connectivity index (χ3v) is 8.88. The van der Waals surface area contributed by atoms with Gasteiger partial charge in [0.05, 0.1) is 11.6 Å². The molecule has 0 saturated carbocycles. The molecule has 0 bridgehead atoms. The van der Waals surface area contributed by atoms with Gasteiger partial charge in [0.15, 0.2) is 11.6 Å². The molecular weight excluding hydrogens is 633 g/mol. The highest BCUT2D eigenvalue weighted by molar-refractivity contribution is 5.93. The largest absolute Gasteiger partial charge is 0.444 e. The molecule has 3 atom stereocenters. The molecule has 0 spiro atoms. The number of alkyl carbamates (subject to hydrolysis) is 1. The van der Waals surface area contributed by atoms with Crippen molar-refractivity contribution in [2.45, 2.75) is 76.2 Å². The van der Waals surface area contributed by atoms with Crippen molar-refractivity contribution in [3.63, 3.8) is 0 Å². The minimum absolute atomic E-state index is 0.0287. The predicted octanol–water partition coefficient (Wildman–Crippen LogP) is 4.37. The number of halogens is 3. The standard InChI is InChI=1S/C32H39F3N8O5/c1-32(2,3)47-31(45)38-25-17-43(16-21(25)20-12-23(34)24(35)13-22(20)33)29-36-14-18(15-37-29)28(44)41(4)19-7-9-42(10-8-19)30-39-27(40-48-30)26-6-5-11-46-26/h12-15,19,21,25-26H,5-11,16-17H2,1-4H3,(H,38,45)/t21-,25+,26+/m1/s1. The quantitative estimate of drug-likeness (QED) is 0.358. The monoisotopic (exact) mass is 672 g/mol. The molecule has 6 rings (SSSR count). The van der Waals surface area contributed by atoms with Crippen LogP contribution in [0.1, 0.15) is 80.2 Å². The number of piperidine rings is 1. The van der Waals surface area contributed by atoms with E-state index in [4.69, 9.17) is 14.0 Å². The second-order valence-corrected chi connectivity index (χ2v) is 13.4. The summed E-state index contributed by atoms with van der Waals surface area (Å²) in [5.41, 5.74) is -0.601. The van der Waals surface area contributed by atoms with Crippen LogP contribution in [0.25, 0.3) is 0 Å². The van der Waals surface area contributed by atoms with Crippen molar-refractivity contribution in [2.24, 2.45) is 0 Å². The molecule has 0 aliphatic carbocycles. The first-order valence-electron chi connectivity index (χ1n) is 16.0. The van der Waals surface area contributed by atoms with Gasteiger partial charge in [-0.2, -0.15) is 4.98 Å². The van der Waals surface area contributed by atoms with E-state index in [2.05, 4.69) is 25.4 Å². The van der Waals surface area contributed by atoms with Crippen LogP contribution in [-0.4, -0.2) is 94.5 Å². The Bertz CT molecular complexity index is 1620. The molecular formula is C32H39F3N8O5. The number of aromatic nitrogens is 4. The zero-order chi connectivity index (χ0) is 34.2. The molecule has 48 heavy (non-hydrogen) atoms. The molecule has 258 valence electrons. The van der Waals surface area contributed by atoms with E-state index in [-0.39, 0.29) is 48.2 Å². The Labute approximate surface area is 275 Å². The second kappa shape index (κ2) is 13.6. The smallest absolute Gasteiger partial charge is 0.407 e. The summed E-state index contributed by atoms with van der Waals surface area (Å²) in [6.07, 6.45) is 5.22. The van der Waals surface area contributed by atoms with E-state index in [0.29, 0.717) is 50.4 Å². The van der Waals surface area contributed by atoms with Gasteiger partial charge in [-0.15, -0.1) is 0 Å². The van der Waals surface area contributed by atoms with E-state index in [0.717, 1.165) is 18.9 Å². The summed E-state index contributed by atoms with van der Waals surface area (Å²) in [6.45, 7) is 7.30. The number of anilines is 2. The highest BCUT2D eigenvalue weighted by Crippen LogP contribution is 2.33. The summed E-state index contributed by atoms with van der Waals surface area (Å²) < 4.78 is 59.3. The van der Waals surface area contributed by atoms with Crippen LogP contribution < -0.4 is 15.1 Å². The summed E-state index contributed by atoms with van der Waals surface area (Å²) in [6, 6.07) is 0.977. The number of amides is 2. The molecule has 2 aromatic heterocycles. The van der Waals surface area contributed by atoms with Crippen LogP contribution in [0.2, 0.25) is 0 Å². The fraction of sp³-hybridized carbons (Fsp3) is 0.562. The highest BCUT2D eigenvalue weighted by atomic mass is 19.2. The van der Waals surface area contributed by atoms with Gasteiger partial charge in [-0.3, -0.25) is 4.79 Å². The van der Waals surface area contributed by atoms with Gasteiger partial charge in [0, 0.05) is 70.3 Å². The maximum Gasteiger partial charge on any atom is 0.407 e. The normalized spacial score (nSPS) is 21.9. The lowest BCUT2D eigenvalue weighted by Gasteiger charge is -2.35. The first-order chi connectivity index (χ1) is 22.9. The van der Waals surface area contributed by atoms with Gasteiger partial charge in [0.1, 0.15) is 17.5 Å². The van der Waals surface area contributed by atoms with Crippen LogP contribution in [0, 0.1) is 17.5 Å². The Morgan fingerprint density at radius 2 is 1.71 bits per heavy atom. The lowest BCUT2D eigenvalue weighted by atomic mass is 9.93. The zero-order valence-electron chi connectivity index (χ0n) is 27.3. The molecule has 16 heteroatoms. The van der Waals surface area contributed by atoms with Gasteiger partial charge in [0.2, 0.25) is 11.8 Å². The zero-order valence-corrected chi connectivity index (χ0v) is 27.3. The van der Waals surface area contributed by atoms with Crippen LogP contribution in [0.5, 0.6) is 0 Å². The maximum atomic E-state index is 14.9. The summed E-state index contributed by atoms with van der Waals surface area (Å²) in [5, 5.41) is 6.82. The summed E-state index contributed by atoms with van der Waals surface area (Å²) in [5.74, 6) is -3.67. The van der Waals surface area contributed by atoms with Crippen LogP contribution in [-0.2, 0) is 9.47 Å². The number of hydrogen-bond donors (Lipinski definition) is 1. The predicted molar refractivity (Wildman–Crippen MR) is 166 cm³/mol. The third-order valence-electron chi connectivity index (χ3n) is 8.88. The Morgan fingerprint density at radius 3 is 2.38 bits per heavy atom. The van der Waals surface area contributed by atoms with Crippen LogP contribution in [0.15, 0.2) is 29.0 Å². The molecule has 5 heterocycles. The number of benzene rings is 1. The first-order valence-corrected chi connectivity index (χ1v) is 16.0. The number of nitrogens with zero attached hydrogens (tertiary/aromatic N) is 7. The maximum absolute atomic E-state index is 14.9. The number of nitrogens with one attached hydrogen (secondary N) is 1. The third kappa shape index (κ3) is 7.32. The van der Waals surface area contributed by atoms with Gasteiger partial charge in [-0.25, -0.2) is 27.9 Å². The van der Waals surface area contributed by atoms with Gasteiger partial charge in [-0.1, -0.05) is 5.16 Å². The second-order valence-electron chi connectivity index (χ2n) is 13.4. The molecule has 3 aliphatic heterocycles. The molecule has 1 N–H and O–H groups in total. The molecule has 1 aromatic carbocycles. The number of hydrogen-bond acceptors (Lipinski definition) is 11. The van der Waals surface area contributed by atoms with Gasteiger partial charge >= 0.3 is 12.1 Å². The molecule has 3 aromatic rings. The summed E-state index contributed by atoms with van der Waals surface area (Å²) in [7, 11) is 1.74. The summed E-state index contributed by atoms with van der Waals surface area (Å²) in [4.78, 5) is 44.7. The van der Waals surface area contributed by atoms with Crippen molar-refractivity contribution >= 4 is 24.0 Å². The lowest BCUT2D eigenvalue weighted by molar-refractivity contribution is 0.0504. The SMILES string of the molecule is CN(C(=O)c1cnc(N2C[C@H](NC(=O)OC(C)(C)C)[C@@H](c3cc(F)c(F)cc3F)C2)nc1)C1CCN(c2nc([C@@H]3CCCO3)no2)CC1. The molecule has 3 fully saturated rings. The number of ether oxygens (including phenoxy) is 2. The number of carbonyl (C=O) groups excluding carboxylic acids is 2. The number of rotatable bonds is 7. The van der Waals surface area contributed by atoms with Crippen molar-refractivity contribution in [1.82, 2.24) is 30.3 Å². The molecule has 0 radical (unpaired) electrons. The average Bonchev–Trinajstić information content (AvgIpc) is 3.83. The Kier molecular flexibility index (Phi) is 9.45. The molecule has 3 aliphatic rings. The molecule has 0 unspecified atom stereocenters. The minimum Gasteiger partial charge on any atom is -0.444 e. The van der Waals surface area contributed by atoms with E-state index in [1.54, 1.807) is 37.6 Å². The van der Waals surface area contributed by atoms with E-state index in [1.165, 1.54) is 12.4 Å². The van der Waals surface area contributed by atoms with E-state index < -0.39 is 41.1 Å². The van der Waals surface area contributed by atoms with E-state index in [1.807, 2.05) is 4.90 Å². The Balaban J connectivity index is 1.09. The number of carbonyl (C=O) groups is 2. The highest BCUT2D eigenvalue weighted by Gasteiger charge is 2.39. The van der Waals surface area contributed by atoms with Crippen LogP contribution in [0.3, 0.4) is 0 Å². The van der Waals surface area contributed by atoms with Crippen molar-refractivity contribution in [3.8, 4) is 0 Å². The Hall–Kier alpha value is -4.47. The van der Waals surface area contributed by atoms with Crippen molar-refractivity contribution in [3.05, 3.63) is 58.9 Å². The Morgan fingerprint density at radius 1 is 1.00 bits per heavy atom. The first kappa shape index (κ1) is 33.4. The van der Waals surface area contributed by atoms with Crippen molar-refractivity contribution < 1.29 is 36.8 Å². The molecule has 2 amide bonds. The summed E-state index contributed by atoms with van der Waals surface area (Å²) >= 11 is 0. The van der Waals surface area contributed by atoms with E-state index in [9.17, 15) is 22.8 Å². The average molecular weight is 673 g/mol. The van der Waals surface area contributed by atoms with Crippen LogP contribution >= 0.6 is 0 Å². The molecule has 13 nitrogen and oxygen atoms in total. The minimum atomic E-state index is -1.31. The van der Waals surface area contributed by atoms with Crippen molar-refractivity contribution in [1.29, 1.82) is 0 Å². The van der Waals surface area contributed by atoms with Gasteiger partial charge in [-0.05, 0) is 58.1 Å². The van der Waals surface area contributed by atoms with E-state index >= 15 is 0 Å². The lowest BCUT2D eigenvalue weighted by Crippen LogP contribution is -2.45. The van der Waals surface area contributed by atoms with Gasteiger partial charge in [0.25, 0.3) is 5.91 Å². The fourth-order valence-corrected chi connectivity index (χ4v) is 6.39.